The molecule has 0 aliphatic rings. The number of carbonyl (C=O) groups excluding carboxylic acids is 1. The molecule has 3 heteroatoms. The molecule has 0 radical (unpaired) electrons. The largest absolute Gasteiger partial charge is 0.423 e. The van der Waals surface area contributed by atoms with Crippen molar-refractivity contribution in [3.05, 3.63) is 65.7 Å². The fourth-order valence-corrected chi connectivity index (χ4v) is 1.68. The van der Waals surface area contributed by atoms with Crippen LogP contribution < -0.4 is 4.74 Å². The summed E-state index contributed by atoms with van der Waals surface area (Å²) in [4.78, 5) is 11.8. The molecule has 0 fully saturated rings. The molecule has 2 nitrogen and oxygen atoms in total. The van der Waals surface area contributed by atoms with Crippen LogP contribution in [0, 0.1) is 0 Å². The lowest BCUT2D eigenvalue weighted by atomic mass is 10.1. The van der Waals surface area contributed by atoms with Gasteiger partial charge < -0.3 is 4.74 Å². The average Bonchev–Trinajstić information content (AvgIpc) is 2.40. The number of carbonyl (C=O) groups is 1. The second-order valence-corrected chi connectivity index (χ2v) is 4.60. The predicted octanol–water partition coefficient (Wildman–Crippen LogP) is 4.21. The Morgan fingerprint density at radius 3 is 2.22 bits per heavy atom. The van der Waals surface area contributed by atoms with Gasteiger partial charge in [-0.1, -0.05) is 30.3 Å². The minimum atomic E-state index is -0.366. The number of para-hydroxylation sites is 1. The first-order valence-electron chi connectivity index (χ1n) is 5.68. The van der Waals surface area contributed by atoms with Crippen molar-refractivity contribution in [3.63, 3.8) is 0 Å². The molecule has 0 amide bonds. The normalized spacial score (nSPS) is 11.9. The third kappa shape index (κ3) is 3.11. The van der Waals surface area contributed by atoms with Gasteiger partial charge in [-0.05, 0) is 36.8 Å². The van der Waals surface area contributed by atoms with Crippen LogP contribution in [0.2, 0.25) is 0 Å². The first kappa shape index (κ1) is 12.7. The number of esters is 1. The molecule has 2 rings (SSSR count). The zero-order valence-corrected chi connectivity index (χ0v) is 10.7. The predicted molar refractivity (Wildman–Crippen MR) is 72.1 cm³/mol. The van der Waals surface area contributed by atoms with E-state index < -0.39 is 0 Å². The van der Waals surface area contributed by atoms with Gasteiger partial charge in [-0.2, -0.15) is 0 Å². The van der Waals surface area contributed by atoms with E-state index in [1.54, 1.807) is 24.3 Å². The van der Waals surface area contributed by atoms with E-state index in [0.717, 1.165) is 5.56 Å². The summed E-state index contributed by atoms with van der Waals surface area (Å²) >= 11 is 5.95. The molecular formula is C15H13ClO2. The molecule has 2 aromatic rings. The number of hydrogen-bond donors (Lipinski definition) is 0. The van der Waals surface area contributed by atoms with E-state index in [0.29, 0.717) is 11.3 Å². The molecule has 18 heavy (non-hydrogen) atoms. The van der Waals surface area contributed by atoms with E-state index in [1.165, 1.54) is 0 Å². The SMILES string of the molecule is CC(Cl)c1ccc(C(=O)Oc2ccccc2)cc1. The van der Waals surface area contributed by atoms with Crippen molar-refractivity contribution in [3.8, 4) is 5.75 Å². The Kier molecular flexibility index (Phi) is 4.00. The molecule has 1 atom stereocenters. The molecule has 2 aromatic carbocycles. The summed E-state index contributed by atoms with van der Waals surface area (Å²) in [7, 11) is 0. The van der Waals surface area contributed by atoms with Crippen LogP contribution in [-0.2, 0) is 0 Å². The van der Waals surface area contributed by atoms with Crippen LogP contribution in [0.25, 0.3) is 0 Å². The highest BCUT2D eigenvalue weighted by atomic mass is 35.5. The highest BCUT2D eigenvalue weighted by Gasteiger charge is 2.09. The highest BCUT2D eigenvalue weighted by molar-refractivity contribution is 6.20. The maximum absolute atomic E-state index is 11.8. The number of ether oxygens (including phenoxy) is 1. The van der Waals surface area contributed by atoms with Gasteiger partial charge in [0.15, 0.2) is 0 Å². The van der Waals surface area contributed by atoms with Gasteiger partial charge >= 0.3 is 5.97 Å². The van der Waals surface area contributed by atoms with Crippen molar-refractivity contribution in [2.75, 3.05) is 0 Å². The molecule has 92 valence electrons. The first-order valence-corrected chi connectivity index (χ1v) is 6.12. The van der Waals surface area contributed by atoms with E-state index in [1.807, 2.05) is 37.3 Å². The molecule has 0 saturated carbocycles. The smallest absolute Gasteiger partial charge is 0.343 e. The van der Waals surface area contributed by atoms with Crippen LogP contribution in [0.1, 0.15) is 28.2 Å². The first-order chi connectivity index (χ1) is 8.66. The van der Waals surface area contributed by atoms with Gasteiger partial charge in [-0.3, -0.25) is 0 Å². The summed E-state index contributed by atoms with van der Waals surface area (Å²) < 4.78 is 5.23. The molecule has 0 aliphatic heterocycles. The maximum atomic E-state index is 11.8. The van der Waals surface area contributed by atoms with Crippen molar-refractivity contribution >= 4 is 17.6 Å². The third-order valence-electron chi connectivity index (χ3n) is 2.56. The van der Waals surface area contributed by atoms with E-state index in [9.17, 15) is 4.79 Å². The lowest BCUT2D eigenvalue weighted by Gasteiger charge is -2.06. The van der Waals surface area contributed by atoms with E-state index in [-0.39, 0.29) is 11.3 Å². The van der Waals surface area contributed by atoms with Crippen LogP contribution in [0.4, 0.5) is 0 Å². The number of hydrogen-bond acceptors (Lipinski definition) is 2. The molecule has 0 heterocycles. The Bertz CT molecular complexity index is 518. The van der Waals surface area contributed by atoms with Gasteiger partial charge in [0.25, 0.3) is 0 Å². The van der Waals surface area contributed by atoms with Gasteiger partial charge in [0.05, 0.1) is 10.9 Å². The zero-order valence-electron chi connectivity index (χ0n) is 9.97. The van der Waals surface area contributed by atoms with E-state index >= 15 is 0 Å². The Hall–Kier alpha value is -1.80. The van der Waals surface area contributed by atoms with Crippen LogP contribution >= 0.6 is 11.6 Å². The second kappa shape index (κ2) is 5.69. The Labute approximate surface area is 111 Å². The molecule has 1 unspecified atom stereocenters. The topological polar surface area (TPSA) is 26.3 Å². The molecule has 0 bridgehead atoms. The van der Waals surface area contributed by atoms with Crippen molar-refractivity contribution in [2.45, 2.75) is 12.3 Å². The number of benzene rings is 2. The number of halogens is 1. The quantitative estimate of drug-likeness (QED) is 0.470. The van der Waals surface area contributed by atoms with E-state index in [2.05, 4.69) is 0 Å². The van der Waals surface area contributed by atoms with Crippen LogP contribution in [0.5, 0.6) is 5.75 Å². The molecule has 0 aromatic heterocycles. The van der Waals surface area contributed by atoms with Crippen molar-refractivity contribution in [1.29, 1.82) is 0 Å². The van der Waals surface area contributed by atoms with Gasteiger partial charge in [0.2, 0.25) is 0 Å². The second-order valence-electron chi connectivity index (χ2n) is 3.94. The van der Waals surface area contributed by atoms with Crippen molar-refractivity contribution < 1.29 is 9.53 Å². The fraction of sp³-hybridized carbons (Fsp3) is 0.133. The third-order valence-corrected chi connectivity index (χ3v) is 2.81. The Morgan fingerprint density at radius 2 is 1.67 bits per heavy atom. The summed E-state index contributed by atoms with van der Waals surface area (Å²) in [6, 6.07) is 16.1. The minimum absolute atomic E-state index is 0.0656. The van der Waals surface area contributed by atoms with Crippen molar-refractivity contribution in [2.24, 2.45) is 0 Å². The zero-order chi connectivity index (χ0) is 13.0. The molecular weight excluding hydrogens is 248 g/mol. The number of rotatable bonds is 3. The Morgan fingerprint density at radius 1 is 1.06 bits per heavy atom. The standard InChI is InChI=1S/C15H13ClO2/c1-11(16)12-7-9-13(10-8-12)15(17)18-14-5-3-2-4-6-14/h2-11H,1H3. The summed E-state index contributed by atoms with van der Waals surface area (Å²) in [5.41, 5.74) is 1.49. The van der Waals surface area contributed by atoms with Crippen molar-refractivity contribution in [1.82, 2.24) is 0 Å². The summed E-state index contributed by atoms with van der Waals surface area (Å²) in [6.07, 6.45) is 0. The average molecular weight is 261 g/mol. The lowest BCUT2D eigenvalue weighted by Crippen LogP contribution is -2.08. The maximum Gasteiger partial charge on any atom is 0.343 e. The molecule has 0 N–H and O–H groups in total. The van der Waals surface area contributed by atoms with Gasteiger partial charge in [-0.15, -0.1) is 11.6 Å². The van der Waals surface area contributed by atoms with Gasteiger partial charge in [0.1, 0.15) is 5.75 Å². The summed E-state index contributed by atoms with van der Waals surface area (Å²) in [5.74, 6) is 0.173. The molecule has 0 spiro atoms. The van der Waals surface area contributed by atoms with E-state index in [4.69, 9.17) is 16.3 Å². The summed E-state index contributed by atoms with van der Waals surface area (Å²) in [5, 5.41) is -0.0656. The van der Waals surface area contributed by atoms with Crippen LogP contribution in [-0.4, -0.2) is 5.97 Å². The monoisotopic (exact) mass is 260 g/mol. The van der Waals surface area contributed by atoms with Gasteiger partial charge in [0, 0.05) is 0 Å². The number of alkyl halides is 1. The molecule has 0 saturated heterocycles. The van der Waals surface area contributed by atoms with Gasteiger partial charge in [-0.25, -0.2) is 4.79 Å². The lowest BCUT2D eigenvalue weighted by molar-refractivity contribution is 0.0735. The highest BCUT2D eigenvalue weighted by Crippen LogP contribution is 2.20. The Balaban J connectivity index is 2.10. The molecule has 0 aliphatic carbocycles. The fourth-order valence-electron chi connectivity index (χ4n) is 1.54. The minimum Gasteiger partial charge on any atom is -0.423 e. The van der Waals surface area contributed by atoms with Crippen LogP contribution in [0.3, 0.4) is 0 Å². The van der Waals surface area contributed by atoms with Crippen LogP contribution in [0.15, 0.2) is 54.6 Å². The summed E-state index contributed by atoms with van der Waals surface area (Å²) in [6.45, 7) is 1.89.